The number of esters is 2. The molecule has 0 saturated carbocycles. The van der Waals surface area contributed by atoms with Gasteiger partial charge in [0.25, 0.3) is 0 Å². The van der Waals surface area contributed by atoms with Gasteiger partial charge in [-0.1, -0.05) is 0 Å². The van der Waals surface area contributed by atoms with Crippen molar-refractivity contribution in [3.8, 4) is 0 Å². The summed E-state index contributed by atoms with van der Waals surface area (Å²) >= 11 is 0. The van der Waals surface area contributed by atoms with Crippen LogP contribution in [0.1, 0.15) is 41.5 Å². The Labute approximate surface area is 143 Å². The first kappa shape index (κ1) is 19.8. The second-order valence-electron chi connectivity index (χ2n) is 7.46. The van der Waals surface area contributed by atoms with E-state index in [0.29, 0.717) is 0 Å². The van der Waals surface area contributed by atoms with Crippen LogP contribution in [0.4, 0.5) is 11.4 Å². The van der Waals surface area contributed by atoms with E-state index < -0.39 is 11.2 Å². The molecular formula is C18H28N2O4. The summed E-state index contributed by atoms with van der Waals surface area (Å²) < 4.78 is 10.4. The lowest BCUT2D eigenvalue weighted by Gasteiger charge is -2.20. The molecule has 0 aliphatic heterocycles. The number of carbonyl (C=O) groups is 2. The summed E-state index contributed by atoms with van der Waals surface area (Å²) in [5.74, 6) is -0.621. The van der Waals surface area contributed by atoms with Crippen molar-refractivity contribution in [1.29, 1.82) is 0 Å². The summed E-state index contributed by atoms with van der Waals surface area (Å²) in [6, 6.07) is 7.28. The highest BCUT2D eigenvalue weighted by Gasteiger charge is 2.16. The molecule has 0 aliphatic carbocycles. The van der Waals surface area contributed by atoms with E-state index in [1.54, 1.807) is 0 Å². The van der Waals surface area contributed by atoms with E-state index in [-0.39, 0.29) is 25.0 Å². The van der Waals surface area contributed by atoms with Gasteiger partial charge < -0.3 is 20.1 Å². The number of nitrogens with one attached hydrogen (secondary N) is 2. The molecule has 0 unspecified atom stereocenters. The minimum Gasteiger partial charge on any atom is -0.459 e. The van der Waals surface area contributed by atoms with Crippen molar-refractivity contribution >= 4 is 23.3 Å². The van der Waals surface area contributed by atoms with Crippen LogP contribution >= 0.6 is 0 Å². The van der Waals surface area contributed by atoms with Crippen molar-refractivity contribution in [1.82, 2.24) is 0 Å². The van der Waals surface area contributed by atoms with Gasteiger partial charge in [0.15, 0.2) is 0 Å². The number of hydrogen-bond acceptors (Lipinski definition) is 6. The average Bonchev–Trinajstić information content (AvgIpc) is 2.40. The van der Waals surface area contributed by atoms with Gasteiger partial charge in [-0.3, -0.25) is 9.59 Å². The molecule has 6 heteroatoms. The molecule has 0 aliphatic rings. The molecule has 24 heavy (non-hydrogen) atoms. The van der Waals surface area contributed by atoms with Crippen LogP contribution < -0.4 is 10.6 Å². The highest BCUT2D eigenvalue weighted by atomic mass is 16.6. The van der Waals surface area contributed by atoms with Gasteiger partial charge in [-0.15, -0.1) is 0 Å². The molecule has 0 radical (unpaired) electrons. The smallest absolute Gasteiger partial charge is 0.325 e. The Hall–Kier alpha value is -2.24. The Balaban J connectivity index is 2.41. The van der Waals surface area contributed by atoms with Crippen LogP contribution in [-0.4, -0.2) is 36.2 Å². The highest BCUT2D eigenvalue weighted by Crippen LogP contribution is 2.14. The lowest BCUT2D eigenvalue weighted by molar-refractivity contribution is -0.153. The van der Waals surface area contributed by atoms with Crippen molar-refractivity contribution in [2.75, 3.05) is 23.7 Å². The van der Waals surface area contributed by atoms with E-state index in [2.05, 4.69) is 10.6 Å². The van der Waals surface area contributed by atoms with Crippen LogP contribution in [-0.2, 0) is 19.1 Å². The monoisotopic (exact) mass is 336 g/mol. The third kappa shape index (κ3) is 9.02. The second-order valence-corrected chi connectivity index (χ2v) is 7.46. The maximum atomic E-state index is 11.6. The molecule has 6 nitrogen and oxygen atoms in total. The molecular weight excluding hydrogens is 308 g/mol. The summed E-state index contributed by atoms with van der Waals surface area (Å²) in [5, 5.41) is 5.99. The standard InChI is InChI=1S/C18H28N2O4/c1-17(2,3)23-15(21)11-19-13-7-9-14(10-8-13)20-12-16(22)24-18(4,5)6/h7-10,19-20H,11-12H2,1-6H3. The highest BCUT2D eigenvalue weighted by molar-refractivity contribution is 5.76. The number of ether oxygens (including phenoxy) is 2. The first-order valence-corrected chi connectivity index (χ1v) is 7.96. The molecule has 134 valence electrons. The third-order valence-corrected chi connectivity index (χ3v) is 2.60. The SMILES string of the molecule is CC(C)(C)OC(=O)CNc1ccc(NCC(=O)OC(C)(C)C)cc1. The van der Waals surface area contributed by atoms with E-state index in [0.717, 1.165) is 11.4 Å². The van der Waals surface area contributed by atoms with Crippen LogP contribution in [0.5, 0.6) is 0 Å². The minimum absolute atomic E-state index is 0.0992. The molecule has 1 rings (SSSR count). The normalized spacial score (nSPS) is 11.6. The van der Waals surface area contributed by atoms with Gasteiger partial charge in [0.2, 0.25) is 0 Å². The molecule has 0 atom stereocenters. The third-order valence-electron chi connectivity index (χ3n) is 2.60. The molecule has 1 aromatic rings. The fraction of sp³-hybridized carbons (Fsp3) is 0.556. The van der Waals surface area contributed by atoms with Crippen LogP contribution in [0.25, 0.3) is 0 Å². The molecule has 0 heterocycles. The van der Waals surface area contributed by atoms with E-state index >= 15 is 0 Å². The van der Waals surface area contributed by atoms with Crippen LogP contribution in [0, 0.1) is 0 Å². The van der Waals surface area contributed by atoms with Crippen molar-refractivity contribution in [3.05, 3.63) is 24.3 Å². The number of rotatable bonds is 6. The van der Waals surface area contributed by atoms with Crippen molar-refractivity contribution in [2.45, 2.75) is 52.7 Å². The summed E-state index contributed by atoms with van der Waals surface area (Å²) in [6.07, 6.45) is 0. The number of hydrogen-bond donors (Lipinski definition) is 2. The quantitative estimate of drug-likeness (QED) is 0.777. The Morgan fingerprint density at radius 1 is 0.750 bits per heavy atom. The second kappa shape index (κ2) is 8.04. The average molecular weight is 336 g/mol. The molecule has 0 fully saturated rings. The Morgan fingerprint density at radius 2 is 1.04 bits per heavy atom. The molecule has 0 spiro atoms. The minimum atomic E-state index is -0.492. The van der Waals surface area contributed by atoms with Crippen molar-refractivity contribution < 1.29 is 19.1 Å². The first-order chi connectivity index (χ1) is 10.9. The molecule has 0 bridgehead atoms. The van der Waals surface area contributed by atoms with Gasteiger partial charge in [-0.25, -0.2) is 0 Å². The first-order valence-electron chi connectivity index (χ1n) is 7.96. The van der Waals surface area contributed by atoms with Gasteiger partial charge in [0.1, 0.15) is 24.3 Å². The van der Waals surface area contributed by atoms with Gasteiger partial charge in [0, 0.05) is 11.4 Å². The lowest BCUT2D eigenvalue weighted by atomic mass is 10.2. The Kier molecular flexibility index (Phi) is 6.63. The molecule has 1 aromatic carbocycles. The van der Waals surface area contributed by atoms with Gasteiger partial charge >= 0.3 is 11.9 Å². The van der Waals surface area contributed by atoms with E-state index in [4.69, 9.17) is 9.47 Å². The topological polar surface area (TPSA) is 76.7 Å². The summed E-state index contributed by atoms with van der Waals surface area (Å²) in [5.41, 5.74) is 0.606. The summed E-state index contributed by atoms with van der Waals surface area (Å²) in [4.78, 5) is 23.3. The van der Waals surface area contributed by atoms with Gasteiger partial charge in [-0.05, 0) is 65.8 Å². The zero-order valence-corrected chi connectivity index (χ0v) is 15.4. The summed E-state index contributed by atoms with van der Waals surface area (Å²) in [6.45, 7) is 11.2. The Morgan fingerprint density at radius 3 is 1.29 bits per heavy atom. The molecule has 0 aromatic heterocycles. The predicted molar refractivity (Wildman–Crippen MR) is 95.1 cm³/mol. The molecule has 0 saturated heterocycles. The fourth-order valence-electron chi connectivity index (χ4n) is 1.81. The van der Waals surface area contributed by atoms with Crippen LogP contribution in [0.2, 0.25) is 0 Å². The van der Waals surface area contributed by atoms with Crippen molar-refractivity contribution in [3.63, 3.8) is 0 Å². The number of anilines is 2. The maximum absolute atomic E-state index is 11.6. The fourth-order valence-corrected chi connectivity index (χ4v) is 1.81. The van der Waals surface area contributed by atoms with E-state index in [1.807, 2.05) is 65.8 Å². The maximum Gasteiger partial charge on any atom is 0.325 e. The summed E-state index contributed by atoms with van der Waals surface area (Å²) in [7, 11) is 0. The van der Waals surface area contributed by atoms with Crippen molar-refractivity contribution in [2.24, 2.45) is 0 Å². The molecule has 2 N–H and O–H groups in total. The van der Waals surface area contributed by atoms with E-state index in [9.17, 15) is 9.59 Å². The largest absolute Gasteiger partial charge is 0.459 e. The number of benzene rings is 1. The van der Waals surface area contributed by atoms with Gasteiger partial charge in [0.05, 0.1) is 0 Å². The molecule has 0 amide bonds. The predicted octanol–water partition coefficient (Wildman–Crippen LogP) is 3.19. The lowest BCUT2D eigenvalue weighted by Crippen LogP contribution is -2.28. The van der Waals surface area contributed by atoms with Gasteiger partial charge in [-0.2, -0.15) is 0 Å². The Bertz CT molecular complexity index is 503. The zero-order chi connectivity index (χ0) is 18.4. The van der Waals surface area contributed by atoms with E-state index in [1.165, 1.54) is 0 Å². The number of carbonyl (C=O) groups excluding carboxylic acids is 2. The van der Waals surface area contributed by atoms with Crippen LogP contribution in [0.15, 0.2) is 24.3 Å². The van der Waals surface area contributed by atoms with Crippen LogP contribution in [0.3, 0.4) is 0 Å². The zero-order valence-electron chi connectivity index (χ0n) is 15.4.